The molecule has 54 valence electrons. The maximum absolute atomic E-state index is 8.93. The van der Waals surface area contributed by atoms with Crippen LogP contribution in [0.3, 0.4) is 0 Å². The third-order valence-electron chi connectivity index (χ3n) is 1.73. The lowest BCUT2D eigenvalue weighted by atomic mass is 9.89. The molecule has 0 atom stereocenters. The van der Waals surface area contributed by atoms with Gasteiger partial charge in [0.2, 0.25) is 0 Å². The average Bonchev–Trinajstić information content (AvgIpc) is 2.47. The molecule has 0 amide bonds. The van der Waals surface area contributed by atoms with Crippen molar-refractivity contribution in [2.45, 2.75) is 0 Å². The van der Waals surface area contributed by atoms with Crippen LogP contribution in [0.4, 0.5) is 0 Å². The zero-order valence-electron chi connectivity index (χ0n) is 5.95. The molecule has 0 radical (unpaired) electrons. The van der Waals surface area contributed by atoms with E-state index in [2.05, 4.69) is 6.07 Å². The molecule has 0 aliphatic rings. The van der Waals surface area contributed by atoms with E-state index in [0.29, 0.717) is 0 Å². The number of hydrogen-bond acceptors (Lipinski definition) is 2. The molecule has 3 heteroatoms. The first kappa shape index (κ1) is 6.89. The van der Waals surface area contributed by atoms with E-state index >= 15 is 0 Å². The Morgan fingerprint density at radius 3 is 2.91 bits per heavy atom. The van der Waals surface area contributed by atoms with Crippen molar-refractivity contribution in [3.05, 3.63) is 29.6 Å². The number of rotatable bonds is 1. The summed E-state index contributed by atoms with van der Waals surface area (Å²) in [6, 6.07) is 8.12. The third-order valence-corrected chi connectivity index (χ3v) is 2.74. The van der Waals surface area contributed by atoms with Crippen LogP contribution in [0.25, 0.3) is 10.1 Å². The number of thiophene rings is 1. The van der Waals surface area contributed by atoms with Gasteiger partial charge in [0.25, 0.3) is 0 Å². The van der Waals surface area contributed by atoms with Crippen LogP contribution in [0.5, 0.6) is 0 Å². The summed E-state index contributed by atoms with van der Waals surface area (Å²) >= 11 is 1.68. The molecule has 1 nitrogen and oxygen atoms in total. The predicted molar refractivity (Wildman–Crippen MR) is 50.8 cm³/mol. The van der Waals surface area contributed by atoms with Gasteiger partial charge in [-0.25, -0.2) is 0 Å². The molecule has 0 aliphatic heterocycles. The Bertz CT molecular complexity index is 369. The van der Waals surface area contributed by atoms with E-state index in [0.717, 1.165) is 5.46 Å². The first-order valence-electron chi connectivity index (χ1n) is 3.48. The molecule has 2 aromatic rings. The van der Waals surface area contributed by atoms with E-state index in [1.807, 2.05) is 23.6 Å². The molecule has 0 unspecified atom stereocenters. The van der Waals surface area contributed by atoms with Gasteiger partial charge in [0, 0.05) is 4.70 Å². The van der Waals surface area contributed by atoms with Gasteiger partial charge in [-0.05, 0) is 22.3 Å². The second kappa shape index (κ2) is 2.68. The van der Waals surface area contributed by atoms with Crippen molar-refractivity contribution in [1.29, 1.82) is 0 Å². The Kier molecular flexibility index (Phi) is 1.68. The summed E-state index contributed by atoms with van der Waals surface area (Å²) in [5.74, 6) is 0. The zero-order valence-corrected chi connectivity index (χ0v) is 6.77. The Morgan fingerprint density at radius 1 is 1.27 bits per heavy atom. The normalized spacial score (nSPS) is 10.3. The van der Waals surface area contributed by atoms with E-state index in [1.165, 1.54) is 10.1 Å². The minimum absolute atomic E-state index is 0.143. The number of benzene rings is 1. The molecule has 1 aromatic heterocycles. The molecular weight excluding hydrogens is 155 g/mol. The molecule has 11 heavy (non-hydrogen) atoms. The largest absolute Gasteiger partial charge is 0.449 e. The second-order valence-electron chi connectivity index (χ2n) is 2.42. The van der Waals surface area contributed by atoms with Gasteiger partial charge in [0.15, 0.2) is 0 Å². The minimum Gasteiger partial charge on any atom is -0.449 e. The third kappa shape index (κ3) is 1.06. The quantitative estimate of drug-likeness (QED) is 0.617. The van der Waals surface area contributed by atoms with Crippen molar-refractivity contribution in [2.75, 3.05) is 0 Å². The van der Waals surface area contributed by atoms with E-state index in [1.54, 1.807) is 11.3 Å². The highest BCUT2D eigenvalue weighted by molar-refractivity contribution is 7.18. The molecule has 0 saturated heterocycles. The first-order chi connectivity index (χ1) is 5.42. The van der Waals surface area contributed by atoms with Crippen LogP contribution in [0, 0.1) is 0 Å². The van der Waals surface area contributed by atoms with Crippen molar-refractivity contribution in [3.63, 3.8) is 0 Å². The van der Waals surface area contributed by atoms with Crippen LogP contribution in [-0.4, -0.2) is 12.5 Å². The summed E-state index contributed by atoms with van der Waals surface area (Å²) < 4.78 is 1.25. The van der Waals surface area contributed by atoms with Crippen molar-refractivity contribution >= 4 is 34.4 Å². The molecule has 1 aromatic carbocycles. The highest BCUT2D eigenvalue weighted by Crippen LogP contribution is 2.16. The van der Waals surface area contributed by atoms with Gasteiger partial charge in [-0.2, -0.15) is 0 Å². The standard InChI is InChI=1S/C8H7BOS/c10-9-7-5-11-8-4-2-1-3-6(7)8/h1-5,9-10H. The fraction of sp³-hybridized carbons (Fsp3) is 0. The van der Waals surface area contributed by atoms with Gasteiger partial charge in [0.1, 0.15) is 0 Å². The van der Waals surface area contributed by atoms with Gasteiger partial charge in [0.05, 0.1) is 0 Å². The first-order valence-corrected chi connectivity index (χ1v) is 4.36. The Hall–Kier alpha value is -0.795. The minimum atomic E-state index is 0.143. The summed E-state index contributed by atoms with van der Waals surface area (Å²) in [6.45, 7) is 0. The lowest BCUT2D eigenvalue weighted by molar-refractivity contribution is 0.616. The second-order valence-corrected chi connectivity index (χ2v) is 3.33. The fourth-order valence-electron chi connectivity index (χ4n) is 1.16. The smallest absolute Gasteiger partial charge is 0.306 e. The molecule has 1 heterocycles. The SMILES string of the molecule is OBc1csc2ccccc12. The topological polar surface area (TPSA) is 20.2 Å². The predicted octanol–water partition coefficient (Wildman–Crippen LogP) is 0.870. The number of fused-ring (bicyclic) bond motifs is 1. The maximum atomic E-state index is 8.93. The molecule has 0 aliphatic carbocycles. The van der Waals surface area contributed by atoms with E-state index in [9.17, 15) is 0 Å². The molecule has 0 bridgehead atoms. The van der Waals surface area contributed by atoms with E-state index in [4.69, 9.17) is 5.02 Å². The van der Waals surface area contributed by atoms with Gasteiger partial charge < -0.3 is 5.02 Å². The van der Waals surface area contributed by atoms with Gasteiger partial charge in [-0.1, -0.05) is 18.2 Å². The summed E-state index contributed by atoms with van der Waals surface area (Å²) in [6.07, 6.45) is 0. The van der Waals surface area contributed by atoms with Crippen molar-refractivity contribution < 1.29 is 5.02 Å². The van der Waals surface area contributed by atoms with Crippen molar-refractivity contribution in [3.8, 4) is 0 Å². The van der Waals surface area contributed by atoms with Crippen LogP contribution in [0.1, 0.15) is 0 Å². The van der Waals surface area contributed by atoms with Crippen LogP contribution < -0.4 is 5.46 Å². The van der Waals surface area contributed by atoms with Crippen LogP contribution in [0.2, 0.25) is 0 Å². The summed E-state index contributed by atoms with van der Waals surface area (Å²) in [4.78, 5) is 0. The van der Waals surface area contributed by atoms with Crippen LogP contribution in [0.15, 0.2) is 29.6 Å². The molecule has 0 spiro atoms. The highest BCUT2D eigenvalue weighted by atomic mass is 32.1. The van der Waals surface area contributed by atoms with Crippen LogP contribution in [-0.2, 0) is 0 Å². The molecule has 0 saturated carbocycles. The molecule has 0 fully saturated rings. The zero-order chi connectivity index (χ0) is 7.68. The average molecular weight is 162 g/mol. The van der Waals surface area contributed by atoms with E-state index < -0.39 is 0 Å². The lowest BCUT2D eigenvalue weighted by Crippen LogP contribution is -2.10. The summed E-state index contributed by atoms with van der Waals surface area (Å²) in [7, 11) is 0.143. The van der Waals surface area contributed by atoms with Crippen LogP contribution >= 0.6 is 11.3 Å². The van der Waals surface area contributed by atoms with Gasteiger partial charge in [-0.3, -0.25) is 0 Å². The van der Waals surface area contributed by atoms with Gasteiger partial charge in [-0.15, -0.1) is 11.3 Å². The van der Waals surface area contributed by atoms with Gasteiger partial charge >= 0.3 is 7.48 Å². The number of hydrogen-bond donors (Lipinski definition) is 1. The monoisotopic (exact) mass is 162 g/mol. The molecular formula is C8H7BOS. The summed E-state index contributed by atoms with van der Waals surface area (Å²) in [5.41, 5.74) is 1.03. The Labute approximate surface area is 69.6 Å². The Balaban J connectivity index is 2.76. The lowest BCUT2D eigenvalue weighted by Gasteiger charge is -1.89. The van der Waals surface area contributed by atoms with Crippen molar-refractivity contribution in [2.24, 2.45) is 0 Å². The molecule has 1 N–H and O–H groups in total. The molecule has 2 rings (SSSR count). The van der Waals surface area contributed by atoms with E-state index in [-0.39, 0.29) is 7.48 Å². The van der Waals surface area contributed by atoms with Crippen molar-refractivity contribution in [1.82, 2.24) is 0 Å². The Morgan fingerprint density at radius 2 is 2.09 bits per heavy atom. The summed E-state index contributed by atoms with van der Waals surface area (Å²) in [5, 5.41) is 12.1. The maximum Gasteiger partial charge on any atom is 0.306 e. The highest BCUT2D eigenvalue weighted by Gasteiger charge is 2.01. The fourth-order valence-corrected chi connectivity index (χ4v) is 2.11.